The molecule has 2 aliphatic carbocycles. The first-order valence-corrected chi connectivity index (χ1v) is 9.73. The molecule has 148 valence electrons. The second-order valence-electron chi connectivity index (χ2n) is 7.53. The highest BCUT2D eigenvalue weighted by molar-refractivity contribution is 5.85. The number of ether oxygens (including phenoxy) is 1. The number of allylic oxidation sites excluding steroid dienone is 3. The summed E-state index contributed by atoms with van der Waals surface area (Å²) in [6.45, 7) is 0. The van der Waals surface area contributed by atoms with Crippen LogP contribution in [-0.4, -0.2) is 35.1 Å². The SMILES string of the molecule is COC1=CC2=C(C=CCC2)C2=c3c(NC4CCCC4)nncc3=C[N+]12OC.Cl. The number of rotatable bonds is 4. The first kappa shape index (κ1) is 19.2. The molecule has 5 rings (SSSR count). The summed E-state index contributed by atoms with van der Waals surface area (Å²) >= 11 is 0. The number of nitrogens with one attached hydrogen (secondary N) is 1. The van der Waals surface area contributed by atoms with Crippen molar-refractivity contribution in [3.05, 3.63) is 51.9 Å². The van der Waals surface area contributed by atoms with Gasteiger partial charge in [0.2, 0.25) is 0 Å². The molecule has 1 saturated carbocycles. The smallest absolute Gasteiger partial charge is 0.335 e. The van der Waals surface area contributed by atoms with Gasteiger partial charge in [-0.05, 0) is 31.3 Å². The summed E-state index contributed by atoms with van der Waals surface area (Å²) in [4.78, 5) is 6.06. The summed E-state index contributed by atoms with van der Waals surface area (Å²) in [6.07, 6.45) is 17.4. The van der Waals surface area contributed by atoms with Crippen molar-refractivity contribution in [3.63, 3.8) is 0 Å². The molecule has 2 aliphatic heterocycles. The maximum absolute atomic E-state index is 6.06. The summed E-state index contributed by atoms with van der Waals surface area (Å²) in [5.74, 6) is 1.62. The van der Waals surface area contributed by atoms with Gasteiger partial charge in [0, 0.05) is 17.7 Å². The average molecular weight is 402 g/mol. The Hall–Kier alpha value is -2.15. The molecule has 7 heteroatoms. The zero-order chi connectivity index (χ0) is 18.4. The summed E-state index contributed by atoms with van der Waals surface area (Å²) in [5, 5.41) is 14.5. The van der Waals surface area contributed by atoms with Gasteiger partial charge in [-0.1, -0.05) is 29.6 Å². The first-order valence-electron chi connectivity index (χ1n) is 9.73. The number of nitrogens with zero attached hydrogens (tertiary/aromatic N) is 3. The zero-order valence-corrected chi connectivity index (χ0v) is 17.1. The lowest BCUT2D eigenvalue weighted by atomic mass is 9.91. The third kappa shape index (κ3) is 2.70. The van der Waals surface area contributed by atoms with Crippen LogP contribution in [-0.2, 0) is 9.57 Å². The van der Waals surface area contributed by atoms with E-state index in [4.69, 9.17) is 9.57 Å². The molecule has 28 heavy (non-hydrogen) atoms. The Morgan fingerprint density at radius 3 is 2.79 bits per heavy atom. The van der Waals surface area contributed by atoms with E-state index in [9.17, 15) is 0 Å². The number of anilines is 1. The van der Waals surface area contributed by atoms with Crippen molar-refractivity contribution in [2.24, 2.45) is 0 Å². The minimum absolute atomic E-state index is 0. The molecule has 1 aromatic rings. The topological polar surface area (TPSA) is 56.3 Å². The first-order chi connectivity index (χ1) is 13.3. The molecular formula is C21H26ClN4O2+. The van der Waals surface area contributed by atoms with Crippen LogP contribution in [0.3, 0.4) is 0 Å². The van der Waals surface area contributed by atoms with Gasteiger partial charge >= 0.3 is 5.88 Å². The lowest BCUT2D eigenvalue weighted by Gasteiger charge is -2.34. The number of hydroxylamine groups is 3. The van der Waals surface area contributed by atoms with Crippen LogP contribution in [0.15, 0.2) is 41.5 Å². The normalized spacial score (nSPS) is 25.4. The third-order valence-electron chi connectivity index (χ3n) is 6.05. The van der Waals surface area contributed by atoms with Crippen LogP contribution in [0, 0.1) is 0 Å². The summed E-state index contributed by atoms with van der Waals surface area (Å²) in [7, 11) is 3.43. The van der Waals surface area contributed by atoms with Crippen LogP contribution >= 0.6 is 12.4 Å². The fraction of sp³-hybridized carbons (Fsp3) is 0.429. The molecule has 1 unspecified atom stereocenters. The quantitative estimate of drug-likeness (QED) is 0.786. The van der Waals surface area contributed by atoms with Crippen molar-refractivity contribution in [1.82, 2.24) is 10.2 Å². The molecule has 1 atom stereocenters. The van der Waals surface area contributed by atoms with E-state index >= 15 is 0 Å². The highest BCUT2D eigenvalue weighted by Crippen LogP contribution is 2.43. The van der Waals surface area contributed by atoms with Gasteiger partial charge in [0.15, 0.2) is 17.7 Å². The molecule has 6 nitrogen and oxygen atoms in total. The predicted molar refractivity (Wildman–Crippen MR) is 110 cm³/mol. The van der Waals surface area contributed by atoms with E-state index in [0.29, 0.717) is 6.04 Å². The number of hydrogen-bond donors (Lipinski definition) is 1. The molecule has 4 aliphatic rings. The number of methoxy groups -OCH3 is 1. The van der Waals surface area contributed by atoms with Crippen molar-refractivity contribution in [3.8, 4) is 0 Å². The Morgan fingerprint density at radius 2 is 2.04 bits per heavy atom. The van der Waals surface area contributed by atoms with Gasteiger partial charge in [0.25, 0.3) is 0 Å². The predicted octanol–water partition coefficient (Wildman–Crippen LogP) is 2.64. The largest absolute Gasteiger partial charge is 0.452 e. The molecule has 1 N–H and O–H groups in total. The van der Waals surface area contributed by atoms with Crippen LogP contribution in [0.5, 0.6) is 0 Å². The molecule has 1 aromatic heterocycles. The van der Waals surface area contributed by atoms with Crippen molar-refractivity contribution >= 4 is 30.1 Å². The molecule has 0 aromatic carbocycles. The number of hydrogen-bond acceptors (Lipinski definition) is 5. The lowest BCUT2D eigenvalue weighted by molar-refractivity contribution is -0.962. The van der Waals surface area contributed by atoms with E-state index in [1.54, 1.807) is 14.2 Å². The Morgan fingerprint density at radius 1 is 1.21 bits per heavy atom. The molecular weight excluding hydrogens is 376 g/mol. The van der Waals surface area contributed by atoms with Crippen molar-refractivity contribution in [2.45, 2.75) is 44.6 Å². The van der Waals surface area contributed by atoms with E-state index < -0.39 is 0 Å². The molecule has 0 bridgehead atoms. The van der Waals surface area contributed by atoms with Gasteiger partial charge in [0.05, 0.1) is 30.9 Å². The van der Waals surface area contributed by atoms with Crippen LogP contribution in [0.2, 0.25) is 0 Å². The molecule has 0 amide bonds. The van der Waals surface area contributed by atoms with Crippen LogP contribution in [0.4, 0.5) is 5.82 Å². The Bertz CT molecular complexity index is 1010. The lowest BCUT2D eigenvalue weighted by Crippen LogP contribution is -2.42. The van der Waals surface area contributed by atoms with Gasteiger partial charge in [-0.15, -0.1) is 17.5 Å². The minimum atomic E-state index is 0. The second-order valence-corrected chi connectivity index (χ2v) is 7.53. The highest BCUT2D eigenvalue weighted by atomic mass is 35.5. The molecule has 1 fully saturated rings. The molecule has 3 heterocycles. The van der Waals surface area contributed by atoms with Crippen molar-refractivity contribution in [2.75, 3.05) is 19.5 Å². The van der Waals surface area contributed by atoms with E-state index in [-0.39, 0.29) is 17.1 Å². The van der Waals surface area contributed by atoms with E-state index in [2.05, 4.69) is 39.9 Å². The molecule has 0 radical (unpaired) electrons. The van der Waals surface area contributed by atoms with Crippen LogP contribution < -0.4 is 15.8 Å². The van der Waals surface area contributed by atoms with Crippen molar-refractivity contribution in [1.29, 1.82) is 0 Å². The standard InChI is InChI=1S/C21H25N4O2.ClH/c1-26-18-11-14-7-3-6-10-17(14)20-19-15(13-25(18,20)27-2)12-22-24-21(19)23-16-8-4-5-9-16;/h6,10-13,16H,3-5,7-9H2,1-2H3,(H,23,24);1H/q+1;. The number of halogens is 1. The number of quaternary nitrogens is 1. The Balaban J connectivity index is 0.00000192. The Labute approximate surface area is 170 Å². The third-order valence-corrected chi connectivity index (χ3v) is 6.05. The number of fused-ring (bicyclic) bond motifs is 3. The van der Waals surface area contributed by atoms with Crippen LogP contribution in [0.1, 0.15) is 38.5 Å². The average Bonchev–Trinajstić information content (AvgIpc) is 3.33. The monoisotopic (exact) mass is 401 g/mol. The number of aromatic nitrogens is 2. The summed E-state index contributed by atoms with van der Waals surface area (Å²) in [5.41, 5.74) is 3.58. The Kier molecular flexibility index (Phi) is 5.04. The van der Waals surface area contributed by atoms with Gasteiger partial charge in [-0.3, -0.25) is 0 Å². The van der Waals surface area contributed by atoms with Gasteiger partial charge in [-0.2, -0.15) is 9.94 Å². The van der Waals surface area contributed by atoms with E-state index in [1.165, 1.54) is 36.8 Å². The van der Waals surface area contributed by atoms with Gasteiger partial charge in [0.1, 0.15) is 0 Å². The van der Waals surface area contributed by atoms with Crippen LogP contribution in [0.25, 0.3) is 11.9 Å². The fourth-order valence-corrected chi connectivity index (χ4v) is 4.76. The van der Waals surface area contributed by atoms with Crippen molar-refractivity contribution < 1.29 is 14.2 Å². The minimum Gasteiger partial charge on any atom is -0.452 e. The van der Waals surface area contributed by atoms with Gasteiger partial charge in [-0.25, -0.2) is 0 Å². The van der Waals surface area contributed by atoms with Gasteiger partial charge < -0.3 is 10.1 Å². The second kappa shape index (κ2) is 7.35. The fourth-order valence-electron chi connectivity index (χ4n) is 4.76. The zero-order valence-electron chi connectivity index (χ0n) is 16.3. The van der Waals surface area contributed by atoms with E-state index in [0.717, 1.165) is 40.7 Å². The molecule has 0 spiro atoms. The van der Waals surface area contributed by atoms with E-state index in [1.807, 2.05) is 6.20 Å². The maximum Gasteiger partial charge on any atom is 0.335 e. The highest BCUT2D eigenvalue weighted by Gasteiger charge is 2.49. The molecule has 0 saturated heterocycles. The maximum atomic E-state index is 6.06. The summed E-state index contributed by atoms with van der Waals surface area (Å²) < 4.78 is 5.90. The summed E-state index contributed by atoms with van der Waals surface area (Å²) in [6, 6.07) is 0.466.